The van der Waals surface area contributed by atoms with Gasteiger partial charge >= 0.3 is 5.97 Å². The van der Waals surface area contributed by atoms with E-state index in [0.29, 0.717) is 17.4 Å². The lowest BCUT2D eigenvalue weighted by Crippen LogP contribution is -2.19. The molecule has 0 spiro atoms. The van der Waals surface area contributed by atoms with E-state index in [1.165, 1.54) is 0 Å². The monoisotopic (exact) mass is 284 g/mol. The van der Waals surface area contributed by atoms with Gasteiger partial charge in [-0.1, -0.05) is 17.7 Å². The highest BCUT2D eigenvalue weighted by Crippen LogP contribution is 2.23. The molecule has 0 bridgehead atoms. The normalized spacial score (nSPS) is 18.3. The van der Waals surface area contributed by atoms with Gasteiger partial charge in [0.2, 0.25) is 0 Å². The Bertz CT molecular complexity index is 441. The molecule has 5 heteroatoms. The summed E-state index contributed by atoms with van der Waals surface area (Å²) in [4.78, 5) is 11.7. The molecule has 4 nitrogen and oxygen atoms in total. The number of esters is 1. The second kappa shape index (κ2) is 6.78. The van der Waals surface area contributed by atoms with Crippen molar-refractivity contribution in [3.63, 3.8) is 0 Å². The van der Waals surface area contributed by atoms with E-state index in [2.05, 4.69) is 0 Å². The molecule has 0 saturated carbocycles. The lowest BCUT2D eigenvalue weighted by molar-refractivity contribution is -0.146. The lowest BCUT2D eigenvalue weighted by Gasteiger charge is -2.11. The fourth-order valence-electron chi connectivity index (χ4n) is 1.97. The minimum Gasteiger partial charge on any atom is -0.497 e. The van der Waals surface area contributed by atoms with E-state index in [0.717, 1.165) is 25.0 Å². The number of ether oxygens (including phenoxy) is 3. The van der Waals surface area contributed by atoms with Crippen molar-refractivity contribution in [2.45, 2.75) is 25.4 Å². The molecule has 0 unspecified atom stereocenters. The molecule has 1 saturated heterocycles. The van der Waals surface area contributed by atoms with Crippen molar-refractivity contribution >= 4 is 17.6 Å². The molecule has 104 valence electrons. The highest BCUT2D eigenvalue weighted by molar-refractivity contribution is 6.31. The molecule has 0 radical (unpaired) electrons. The van der Waals surface area contributed by atoms with E-state index in [9.17, 15) is 4.79 Å². The lowest BCUT2D eigenvalue weighted by atomic mass is 10.1. The molecule has 1 aliphatic rings. The fourth-order valence-corrected chi connectivity index (χ4v) is 2.20. The number of rotatable bonds is 5. The van der Waals surface area contributed by atoms with Gasteiger partial charge in [0.15, 0.2) is 0 Å². The van der Waals surface area contributed by atoms with E-state index in [4.69, 9.17) is 25.8 Å². The van der Waals surface area contributed by atoms with Crippen LogP contribution in [0.25, 0.3) is 0 Å². The van der Waals surface area contributed by atoms with E-state index in [-0.39, 0.29) is 18.5 Å². The topological polar surface area (TPSA) is 44.8 Å². The molecule has 0 aromatic heterocycles. The first kappa shape index (κ1) is 14.2. The van der Waals surface area contributed by atoms with Crippen LogP contribution in [0, 0.1) is 0 Å². The Morgan fingerprint density at radius 1 is 1.53 bits per heavy atom. The standard InChI is InChI=1S/C14H17ClO4/c1-17-11-5-4-10(13(15)8-11)7-14(16)19-9-12-3-2-6-18-12/h4-5,8,12H,2-3,6-7,9H2,1H3/t12-/m0/s1. The Labute approximate surface area is 117 Å². The molecule has 1 aromatic carbocycles. The summed E-state index contributed by atoms with van der Waals surface area (Å²) in [6, 6.07) is 5.23. The average molecular weight is 285 g/mol. The van der Waals surface area contributed by atoms with Gasteiger partial charge in [-0.2, -0.15) is 0 Å². The summed E-state index contributed by atoms with van der Waals surface area (Å²) in [5.74, 6) is 0.379. The quantitative estimate of drug-likeness (QED) is 0.780. The van der Waals surface area contributed by atoms with Crippen LogP contribution in [-0.4, -0.2) is 32.4 Å². The summed E-state index contributed by atoms with van der Waals surface area (Å²) in [5.41, 5.74) is 0.736. The fraction of sp³-hybridized carbons (Fsp3) is 0.500. The highest BCUT2D eigenvalue weighted by Gasteiger charge is 2.18. The summed E-state index contributed by atoms with van der Waals surface area (Å²) >= 11 is 6.07. The maximum absolute atomic E-state index is 11.7. The first-order valence-electron chi connectivity index (χ1n) is 6.28. The predicted molar refractivity (Wildman–Crippen MR) is 71.6 cm³/mol. The second-order valence-corrected chi connectivity index (χ2v) is 4.86. The van der Waals surface area contributed by atoms with Gasteiger partial charge in [-0.3, -0.25) is 4.79 Å². The Kier molecular flexibility index (Phi) is 5.05. The van der Waals surface area contributed by atoms with Crippen LogP contribution < -0.4 is 4.74 Å². The maximum atomic E-state index is 11.7. The number of hydrogen-bond acceptors (Lipinski definition) is 4. The van der Waals surface area contributed by atoms with Crippen LogP contribution in [0.3, 0.4) is 0 Å². The van der Waals surface area contributed by atoms with Gasteiger partial charge < -0.3 is 14.2 Å². The van der Waals surface area contributed by atoms with E-state index in [1.807, 2.05) is 0 Å². The molecule has 1 aliphatic heterocycles. The summed E-state index contributed by atoms with van der Waals surface area (Å²) in [6.07, 6.45) is 2.20. The van der Waals surface area contributed by atoms with Gasteiger partial charge in [0, 0.05) is 11.6 Å². The van der Waals surface area contributed by atoms with Crippen molar-refractivity contribution < 1.29 is 19.0 Å². The molecule has 1 heterocycles. The Hall–Kier alpha value is -1.26. The van der Waals surface area contributed by atoms with E-state index < -0.39 is 0 Å². The molecule has 1 aromatic rings. The minimum absolute atomic E-state index is 0.0512. The molecule has 0 amide bonds. The molecule has 0 N–H and O–H groups in total. The number of carbonyl (C=O) groups is 1. The first-order valence-corrected chi connectivity index (χ1v) is 6.66. The minimum atomic E-state index is -0.289. The van der Waals surface area contributed by atoms with Crippen molar-refractivity contribution in [1.82, 2.24) is 0 Å². The Morgan fingerprint density at radius 2 is 2.37 bits per heavy atom. The van der Waals surface area contributed by atoms with Crippen LogP contribution in [0.2, 0.25) is 5.02 Å². The second-order valence-electron chi connectivity index (χ2n) is 4.45. The van der Waals surface area contributed by atoms with Gasteiger partial charge in [-0.15, -0.1) is 0 Å². The van der Waals surface area contributed by atoms with Gasteiger partial charge in [0.1, 0.15) is 12.4 Å². The third kappa shape index (κ3) is 4.11. The smallest absolute Gasteiger partial charge is 0.310 e. The Morgan fingerprint density at radius 3 is 3.00 bits per heavy atom. The van der Waals surface area contributed by atoms with Gasteiger partial charge in [0.05, 0.1) is 19.6 Å². The van der Waals surface area contributed by atoms with Crippen LogP contribution in [0.5, 0.6) is 5.75 Å². The third-order valence-electron chi connectivity index (χ3n) is 3.05. The summed E-state index contributed by atoms with van der Waals surface area (Å²) in [5, 5.41) is 0.508. The number of methoxy groups -OCH3 is 1. The van der Waals surface area contributed by atoms with Crippen molar-refractivity contribution in [3.05, 3.63) is 28.8 Å². The van der Waals surface area contributed by atoms with Crippen LogP contribution in [-0.2, 0) is 20.7 Å². The largest absolute Gasteiger partial charge is 0.497 e. The number of benzene rings is 1. The van der Waals surface area contributed by atoms with Gasteiger partial charge in [-0.25, -0.2) is 0 Å². The molecule has 19 heavy (non-hydrogen) atoms. The molecular weight excluding hydrogens is 268 g/mol. The van der Waals surface area contributed by atoms with Crippen molar-refractivity contribution in [3.8, 4) is 5.75 Å². The third-order valence-corrected chi connectivity index (χ3v) is 3.40. The highest BCUT2D eigenvalue weighted by atomic mass is 35.5. The molecule has 0 aliphatic carbocycles. The van der Waals surface area contributed by atoms with Crippen LogP contribution >= 0.6 is 11.6 Å². The summed E-state index contributed by atoms with van der Waals surface area (Å²) in [6.45, 7) is 1.08. The zero-order valence-electron chi connectivity index (χ0n) is 10.9. The number of hydrogen-bond donors (Lipinski definition) is 0. The van der Waals surface area contributed by atoms with Crippen LogP contribution in [0.15, 0.2) is 18.2 Å². The first-order chi connectivity index (χ1) is 9.19. The number of halogens is 1. The van der Waals surface area contributed by atoms with E-state index >= 15 is 0 Å². The van der Waals surface area contributed by atoms with Crippen molar-refractivity contribution in [1.29, 1.82) is 0 Å². The molecule has 2 rings (SSSR count). The van der Waals surface area contributed by atoms with Crippen LogP contribution in [0.4, 0.5) is 0 Å². The zero-order valence-corrected chi connectivity index (χ0v) is 11.6. The predicted octanol–water partition coefficient (Wildman–Crippen LogP) is 2.61. The maximum Gasteiger partial charge on any atom is 0.310 e. The summed E-state index contributed by atoms with van der Waals surface area (Å²) < 4.78 is 15.6. The van der Waals surface area contributed by atoms with Crippen molar-refractivity contribution in [2.24, 2.45) is 0 Å². The van der Waals surface area contributed by atoms with Crippen molar-refractivity contribution in [2.75, 3.05) is 20.3 Å². The average Bonchev–Trinajstić information content (AvgIpc) is 2.92. The molecule has 1 atom stereocenters. The SMILES string of the molecule is COc1ccc(CC(=O)OC[C@@H]2CCCO2)c(Cl)c1. The van der Waals surface area contributed by atoms with Gasteiger partial charge in [-0.05, 0) is 30.5 Å². The zero-order chi connectivity index (χ0) is 13.7. The van der Waals surface area contributed by atoms with E-state index in [1.54, 1.807) is 25.3 Å². The summed E-state index contributed by atoms with van der Waals surface area (Å²) in [7, 11) is 1.57. The molecular formula is C14H17ClO4. The number of carbonyl (C=O) groups excluding carboxylic acids is 1. The van der Waals surface area contributed by atoms with Crippen LogP contribution in [0.1, 0.15) is 18.4 Å². The van der Waals surface area contributed by atoms with Gasteiger partial charge in [0.25, 0.3) is 0 Å². The Balaban J connectivity index is 1.84. The molecule has 1 fully saturated rings.